The van der Waals surface area contributed by atoms with Gasteiger partial charge in [-0.15, -0.1) is 0 Å². The van der Waals surface area contributed by atoms with Gasteiger partial charge in [0.1, 0.15) is 0 Å². The molecule has 0 spiro atoms. The van der Waals surface area contributed by atoms with Crippen molar-refractivity contribution in [2.75, 3.05) is 0 Å². The van der Waals surface area contributed by atoms with Crippen LogP contribution in [0.1, 0.15) is 55.6 Å². The van der Waals surface area contributed by atoms with Gasteiger partial charge in [0.15, 0.2) is 0 Å². The molecule has 1 heterocycles. The van der Waals surface area contributed by atoms with Crippen molar-refractivity contribution in [2.45, 2.75) is 39.7 Å². The Morgan fingerprint density at radius 3 is 2.39 bits per heavy atom. The van der Waals surface area contributed by atoms with Crippen LogP contribution in [0, 0.1) is 0 Å². The summed E-state index contributed by atoms with van der Waals surface area (Å²) in [5, 5.41) is 10.1. The number of hydrogen-bond donors (Lipinski definition) is 1. The van der Waals surface area contributed by atoms with Crippen molar-refractivity contribution >= 4 is 16.9 Å². The lowest BCUT2D eigenvalue weighted by molar-refractivity contribution is 0.0699. The minimum absolute atomic E-state index is 0.255. The number of carboxylic acids is 1. The van der Waals surface area contributed by atoms with Gasteiger partial charge >= 0.3 is 5.97 Å². The van der Waals surface area contributed by atoms with Crippen molar-refractivity contribution in [3.63, 3.8) is 0 Å². The second-order valence-electron chi connectivity index (χ2n) is 5.28. The molecular formula is C15H19NO2. The lowest BCUT2D eigenvalue weighted by Gasteiger charge is -2.10. The molecule has 0 fully saturated rings. The van der Waals surface area contributed by atoms with Crippen LogP contribution in [-0.4, -0.2) is 15.6 Å². The van der Waals surface area contributed by atoms with E-state index in [1.165, 1.54) is 5.56 Å². The Morgan fingerprint density at radius 1 is 1.22 bits per heavy atom. The highest BCUT2D eigenvalue weighted by molar-refractivity contribution is 6.03. The Morgan fingerprint density at radius 2 is 1.89 bits per heavy atom. The number of carbonyl (C=O) groups is 1. The van der Waals surface area contributed by atoms with E-state index in [2.05, 4.69) is 33.8 Å². The Balaban J connectivity index is 2.75. The minimum Gasteiger partial charge on any atom is -0.478 e. The van der Waals surface area contributed by atoms with E-state index in [1.54, 1.807) is 6.20 Å². The van der Waals surface area contributed by atoms with Crippen LogP contribution >= 0.6 is 0 Å². The molecule has 1 aromatic carbocycles. The van der Waals surface area contributed by atoms with E-state index in [0.29, 0.717) is 11.5 Å². The van der Waals surface area contributed by atoms with Gasteiger partial charge in [-0.1, -0.05) is 19.9 Å². The van der Waals surface area contributed by atoms with Gasteiger partial charge in [0.25, 0.3) is 0 Å². The van der Waals surface area contributed by atoms with Gasteiger partial charge in [-0.05, 0) is 37.5 Å². The average Bonchev–Trinajstić information content (AvgIpc) is 2.67. The maximum atomic E-state index is 11.3. The van der Waals surface area contributed by atoms with Crippen LogP contribution in [0.15, 0.2) is 24.4 Å². The normalized spacial score (nSPS) is 11.7. The molecule has 0 amide bonds. The Bertz CT molecular complexity index is 594. The molecular weight excluding hydrogens is 226 g/mol. The highest BCUT2D eigenvalue weighted by Gasteiger charge is 2.16. The number of nitrogens with zero attached hydrogens (tertiary/aromatic N) is 1. The molecule has 3 heteroatoms. The molecule has 0 saturated heterocycles. The van der Waals surface area contributed by atoms with Gasteiger partial charge in [0.05, 0.1) is 5.56 Å². The number of aromatic carboxylic acids is 1. The van der Waals surface area contributed by atoms with Gasteiger partial charge in [-0.25, -0.2) is 4.79 Å². The fraction of sp³-hybridized carbons (Fsp3) is 0.400. The van der Waals surface area contributed by atoms with E-state index < -0.39 is 5.97 Å². The van der Waals surface area contributed by atoms with E-state index in [9.17, 15) is 9.90 Å². The zero-order valence-electron chi connectivity index (χ0n) is 11.3. The summed E-state index contributed by atoms with van der Waals surface area (Å²) in [6.45, 7) is 8.34. The summed E-state index contributed by atoms with van der Waals surface area (Å²) < 4.78 is 2.02. The first-order chi connectivity index (χ1) is 8.41. The van der Waals surface area contributed by atoms with Crippen molar-refractivity contribution < 1.29 is 9.90 Å². The number of rotatable bonds is 3. The SMILES string of the molecule is CC(C)c1ccc2c(c1)c(C(=O)O)cn2C(C)C. The van der Waals surface area contributed by atoms with Crippen LogP contribution in [0.4, 0.5) is 0 Å². The highest BCUT2D eigenvalue weighted by atomic mass is 16.4. The molecule has 3 nitrogen and oxygen atoms in total. The van der Waals surface area contributed by atoms with Crippen LogP contribution in [-0.2, 0) is 0 Å². The Kier molecular flexibility index (Phi) is 3.16. The molecule has 0 radical (unpaired) electrons. The molecule has 2 rings (SSSR count). The van der Waals surface area contributed by atoms with Crippen molar-refractivity contribution in [2.24, 2.45) is 0 Å². The standard InChI is InChI=1S/C15H19NO2/c1-9(2)11-5-6-14-12(7-11)13(15(17)18)8-16(14)10(3)4/h5-10H,1-4H3,(H,17,18). The lowest BCUT2D eigenvalue weighted by atomic mass is 10.0. The third-order valence-electron chi connectivity index (χ3n) is 3.31. The molecule has 2 aromatic rings. The third kappa shape index (κ3) is 2.01. The van der Waals surface area contributed by atoms with Crippen LogP contribution in [0.5, 0.6) is 0 Å². The maximum absolute atomic E-state index is 11.3. The quantitative estimate of drug-likeness (QED) is 0.886. The molecule has 0 bridgehead atoms. The van der Waals surface area contributed by atoms with Gasteiger partial charge < -0.3 is 9.67 Å². The molecule has 0 aliphatic carbocycles. The molecule has 1 aromatic heterocycles. The molecule has 0 aliphatic rings. The first-order valence-corrected chi connectivity index (χ1v) is 6.29. The van der Waals surface area contributed by atoms with Crippen molar-refractivity contribution in [1.29, 1.82) is 0 Å². The molecule has 18 heavy (non-hydrogen) atoms. The van der Waals surface area contributed by atoms with E-state index in [1.807, 2.05) is 16.7 Å². The number of hydrogen-bond acceptors (Lipinski definition) is 1. The second-order valence-corrected chi connectivity index (χ2v) is 5.28. The molecule has 1 N–H and O–H groups in total. The molecule has 0 unspecified atom stereocenters. The van der Waals surface area contributed by atoms with Crippen molar-refractivity contribution in [3.8, 4) is 0 Å². The largest absolute Gasteiger partial charge is 0.478 e. The number of carboxylic acid groups (broad SMARTS) is 1. The molecule has 96 valence electrons. The van der Waals surface area contributed by atoms with Gasteiger partial charge in [-0.2, -0.15) is 0 Å². The minimum atomic E-state index is -0.861. The summed E-state index contributed by atoms with van der Waals surface area (Å²) in [4.78, 5) is 11.3. The number of aromatic nitrogens is 1. The second kappa shape index (κ2) is 4.48. The topological polar surface area (TPSA) is 42.2 Å². The van der Waals surface area contributed by atoms with Gasteiger partial charge in [-0.3, -0.25) is 0 Å². The fourth-order valence-corrected chi connectivity index (χ4v) is 2.23. The summed E-state index contributed by atoms with van der Waals surface area (Å²) in [5.74, 6) is -0.459. The molecule has 0 atom stereocenters. The third-order valence-corrected chi connectivity index (χ3v) is 3.31. The van der Waals surface area contributed by atoms with E-state index >= 15 is 0 Å². The van der Waals surface area contributed by atoms with Gasteiger partial charge in [0, 0.05) is 23.1 Å². The summed E-state index contributed by atoms with van der Waals surface area (Å²) in [6.07, 6.45) is 1.74. The molecule has 0 aliphatic heterocycles. The first kappa shape index (κ1) is 12.7. The van der Waals surface area contributed by atoms with Crippen LogP contribution in [0.3, 0.4) is 0 Å². The average molecular weight is 245 g/mol. The van der Waals surface area contributed by atoms with E-state index in [-0.39, 0.29) is 6.04 Å². The summed E-state index contributed by atoms with van der Waals surface area (Å²) in [6, 6.07) is 6.36. The first-order valence-electron chi connectivity index (χ1n) is 6.29. The summed E-state index contributed by atoms with van der Waals surface area (Å²) in [5.41, 5.74) is 2.56. The number of fused-ring (bicyclic) bond motifs is 1. The monoisotopic (exact) mass is 245 g/mol. The van der Waals surface area contributed by atoms with E-state index in [4.69, 9.17) is 0 Å². The van der Waals surface area contributed by atoms with Crippen LogP contribution in [0.25, 0.3) is 10.9 Å². The Hall–Kier alpha value is -1.77. The zero-order valence-corrected chi connectivity index (χ0v) is 11.3. The maximum Gasteiger partial charge on any atom is 0.337 e. The van der Waals surface area contributed by atoms with Crippen molar-refractivity contribution in [3.05, 3.63) is 35.5 Å². The van der Waals surface area contributed by atoms with Crippen LogP contribution in [0.2, 0.25) is 0 Å². The summed E-state index contributed by atoms with van der Waals surface area (Å²) >= 11 is 0. The van der Waals surface area contributed by atoms with Crippen molar-refractivity contribution in [1.82, 2.24) is 4.57 Å². The molecule has 0 saturated carbocycles. The smallest absolute Gasteiger partial charge is 0.337 e. The van der Waals surface area contributed by atoms with Gasteiger partial charge in [0.2, 0.25) is 0 Å². The zero-order chi connectivity index (χ0) is 13.4. The fourth-order valence-electron chi connectivity index (χ4n) is 2.23. The van der Waals surface area contributed by atoms with E-state index in [0.717, 1.165) is 10.9 Å². The number of benzene rings is 1. The lowest BCUT2D eigenvalue weighted by Crippen LogP contribution is -1.99. The highest BCUT2D eigenvalue weighted by Crippen LogP contribution is 2.28. The Labute approximate surface area is 107 Å². The predicted octanol–water partition coefficient (Wildman–Crippen LogP) is 4.04. The predicted molar refractivity (Wildman–Crippen MR) is 73.4 cm³/mol. The van der Waals surface area contributed by atoms with Crippen LogP contribution < -0.4 is 0 Å². The summed E-state index contributed by atoms with van der Waals surface area (Å²) in [7, 11) is 0.